The lowest BCUT2D eigenvalue weighted by molar-refractivity contribution is 1.12. The van der Waals surface area contributed by atoms with Gasteiger partial charge in [0.1, 0.15) is 5.03 Å². The molecule has 2 heterocycles. The molecule has 2 aromatic rings. The van der Waals surface area contributed by atoms with Crippen molar-refractivity contribution in [2.45, 2.75) is 9.24 Å². The Hall–Kier alpha value is -0.0300. The van der Waals surface area contributed by atoms with Crippen molar-refractivity contribution >= 4 is 50.6 Å². The minimum Gasteiger partial charge on any atom is -0.247 e. The van der Waals surface area contributed by atoms with Crippen LogP contribution in [-0.4, -0.2) is 4.98 Å². The Morgan fingerprint density at radius 3 is 3.00 bits per heavy atom. The molecule has 0 amide bonds. The molecule has 0 fully saturated rings. The summed E-state index contributed by atoms with van der Waals surface area (Å²) in [6, 6.07) is 5.92. The number of hydrogen-bond acceptors (Lipinski definition) is 3. The Labute approximate surface area is 104 Å². The van der Waals surface area contributed by atoms with Crippen LogP contribution in [0.15, 0.2) is 43.5 Å². The first-order valence-corrected chi connectivity index (χ1v) is 6.65. The van der Waals surface area contributed by atoms with Gasteiger partial charge in [-0.05, 0) is 33.4 Å². The number of aromatic nitrogens is 1. The number of pyridine rings is 1. The number of rotatable bonds is 2. The third-order valence-electron chi connectivity index (χ3n) is 1.47. The molecule has 0 atom stereocenters. The van der Waals surface area contributed by atoms with Crippen LogP contribution in [0.25, 0.3) is 0 Å². The van der Waals surface area contributed by atoms with Gasteiger partial charge in [-0.15, -0.1) is 11.3 Å². The van der Waals surface area contributed by atoms with Gasteiger partial charge in [-0.1, -0.05) is 29.4 Å². The molecular weight excluding hydrogens is 302 g/mol. The van der Waals surface area contributed by atoms with Gasteiger partial charge in [0.15, 0.2) is 0 Å². The van der Waals surface area contributed by atoms with E-state index < -0.39 is 0 Å². The largest absolute Gasteiger partial charge is 0.247 e. The third kappa shape index (κ3) is 2.51. The lowest BCUT2D eigenvalue weighted by atomic mass is 10.5. The number of nitrogens with zero attached hydrogens (tertiary/aromatic N) is 1. The zero-order chi connectivity index (χ0) is 9.97. The topological polar surface area (TPSA) is 12.9 Å². The molecule has 0 aliphatic rings. The first kappa shape index (κ1) is 10.5. The van der Waals surface area contributed by atoms with Crippen molar-refractivity contribution in [1.29, 1.82) is 0 Å². The lowest BCUT2D eigenvalue weighted by Crippen LogP contribution is -1.80. The van der Waals surface area contributed by atoms with Crippen LogP contribution < -0.4 is 0 Å². The molecule has 72 valence electrons. The van der Waals surface area contributed by atoms with Gasteiger partial charge in [-0.25, -0.2) is 4.98 Å². The highest BCUT2D eigenvalue weighted by Crippen LogP contribution is 2.34. The van der Waals surface area contributed by atoms with Crippen LogP contribution in [-0.2, 0) is 0 Å². The van der Waals surface area contributed by atoms with E-state index in [2.05, 4.69) is 27.0 Å². The van der Waals surface area contributed by atoms with E-state index in [0.717, 1.165) is 9.50 Å². The Kier molecular flexibility index (Phi) is 3.49. The SMILES string of the molecule is Clc1cc(Br)cnc1Sc1cccs1. The predicted molar refractivity (Wildman–Crippen MR) is 65.4 cm³/mol. The second-order valence-electron chi connectivity index (χ2n) is 2.47. The molecule has 0 bridgehead atoms. The second-order valence-corrected chi connectivity index (χ2v) is 6.03. The molecule has 0 saturated carbocycles. The van der Waals surface area contributed by atoms with Gasteiger partial charge in [0, 0.05) is 10.7 Å². The van der Waals surface area contributed by atoms with Gasteiger partial charge >= 0.3 is 0 Å². The van der Waals surface area contributed by atoms with Crippen LogP contribution in [0.4, 0.5) is 0 Å². The van der Waals surface area contributed by atoms with Crippen LogP contribution in [0, 0.1) is 0 Å². The van der Waals surface area contributed by atoms with E-state index in [0.29, 0.717) is 5.02 Å². The standard InChI is InChI=1S/C9H5BrClNS2/c10-6-4-7(11)9(12-5-6)14-8-2-1-3-13-8/h1-5H. The molecule has 0 aromatic carbocycles. The number of thiophene rings is 1. The van der Waals surface area contributed by atoms with Gasteiger partial charge < -0.3 is 0 Å². The summed E-state index contributed by atoms with van der Waals surface area (Å²) in [6.45, 7) is 0. The molecule has 5 heteroatoms. The van der Waals surface area contributed by atoms with Crippen molar-refractivity contribution in [1.82, 2.24) is 4.98 Å². The Balaban J connectivity index is 2.25. The van der Waals surface area contributed by atoms with Crippen LogP contribution in [0.5, 0.6) is 0 Å². The van der Waals surface area contributed by atoms with Crippen molar-refractivity contribution in [2.75, 3.05) is 0 Å². The summed E-state index contributed by atoms with van der Waals surface area (Å²) in [4.78, 5) is 4.24. The molecule has 2 aromatic heterocycles. The van der Waals surface area contributed by atoms with Crippen molar-refractivity contribution < 1.29 is 0 Å². The van der Waals surface area contributed by atoms with Crippen LogP contribution in [0.1, 0.15) is 0 Å². The third-order valence-corrected chi connectivity index (χ3v) is 4.36. The molecule has 0 aliphatic carbocycles. The Morgan fingerprint density at radius 1 is 1.50 bits per heavy atom. The minimum atomic E-state index is 0.678. The van der Waals surface area contributed by atoms with E-state index in [4.69, 9.17) is 11.6 Å². The molecule has 0 saturated heterocycles. The molecule has 0 N–H and O–H groups in total. The molecule has 1 nitrogen and oxygen atoms in total. The highest BCUT2D eigenvalue weighted by Gasteiger charge is 2.05. The molecule has 0 radical (unpaired) electrons. The Morgan fingerprint density at radius 2 is 2.36 bits per heavy atom. The molecule has 0 spiro atoms. The minimum absolute atomic E-state index is 0.678. The molecule has 0 aliphatic heterocycles. The quantitative estimate of drug-likeness (QED) is 0.797. The van der Waals surface area contributed by atoms with Gasteiger partial charge in [-0.2, -0.15) is 0 Å². The van der Waals surface area contributed by atoms with E-state index in [9.17, 15) is 0 Å². The van der Waals surface area contributed by atoms with Crippen LogP contribution in [0.3, 0.4) is 0 Å². The summed E-state index contributed by atoms with van der Waals surface area (Å²) in [5.74, 6) is 0. The first-order valence-electron chi connectivity index (χ1n) is 3.78. The smallest absolute Gasteiger partial charge is 0.120 e. The van der Waals surface area contributed by atoms with Crippen molar-refractivity contribution in [3.8, 4) is 0 Å². The summed E-state index contributed by atoms with van der Waals surface area (Å²) < 4.78 is 2.10. The molecule has 2 rings (SSSR count). The van der Waals surface area contributed by atoms with Crippen molar-refractivity contribution in [3.05, 3.63) is 39.3 Å². The molecular formula is C9H5BrClNS2. The summed E-state index contributed by atoms with van der Waals surface area (Å²) in [6.07, 6.45) is 1.75. The van der Waals surface area contributed by atoms with E-state index in [1.165, 1.54) is 4.21 Å². The zero-order valence-corrected chi connectivity index (χ0v) is 10.9. The fourth-order valence-electron chi connectivity index (χ4n) is 0.894. The first-order chi connectivity index (χ1) is 6.75. The van der Waals surface area contributed by atoms with E-state index in [1.807, 2.05) is 17.5 Å². The zero-order valence-electron chi connectivity index (χ0n) is 6.91. The fourth-order valence-corrected chi connectivity index (χ4v) is 3.28. The van der Waals surface area contributed by atoms with Gasteiger partial charge in [0.05, 0.1) is 9.23 Å². The second kappa shape index (κ2) is 4.66. The molecule has 0 unspecified atom stereocenters. The normalized spacial score (nSPS) is 10.4. The monoisotopic (exact) mass is 305 g/mol. The van der Waals surface area contributed by atoms with Gasteiger partial charge in [-0.3, -0.25) is 0 Å². The summed E-state index contributed by atoms with van der Waals surface area (Å²) in [7, 11) is 0. The van der Waals surface area contributed by atoms with Crippen LogP contribution in [0.2, 0.25) is 5.02 Å². The van der Waals surface area contributed by atoms with Gasteiger partial charge in [0.2, 0.25) is 0 Å². The van der Waals surface area contributed by atoms with E-state index >= 15 is 0 Å². The average Bonchev–Trinajstić information content (AvgIpc) is 2.62. The summed E-state index contributed by atoms with van der Waals surface area (Å²) in [5.41, 5.74) is 0. The predicted octanol–water partition coefficient (Wildman–Crippen LogP) is 4.71. The Bertz CT molecular complexity index is 430. The number of halogens is 2. The lowest BCUT2D eigenvalue weighted by Gasteiger charge is -2.00. The van der Waals surface area contributed by atoms with E-state index in [-0.39, 0.29) is 0 Å². The highest BCUT2D eigenvalue weighted by molar-refractivity contribution is 9.10. The maximum absolute atomic E-state index is 6.04. The summed E-state index contributed by atoms with van der Waals surface area (Å²) in [5, 5.41) is 3.56. The maximum Gasteiger partial charge on any atom is 0.120 e. The van der Waals surface area contributed by atoms with Crippen molar-refractivity contribution in [2.24, 2.45) is 0 Å². The maximum atomic E-state index is 6.04. The highest BCUT2D eigenvalue weighted by atomic mass is 79.9. The molecule has 14 heavy (non-hydrogen) atoms. The summed E-state index contributed by atoms with van der Waals surface area (Å²) >= 11 is 12.6. The van der Waals surface area contributed by atoms with Crippen molar-refractivity contribution in [3.63, 3.8) is 0 Å². The van der Waals surface area contributed by atoms with Gasteiger partial charge in [0.25, 0.3) is 0 Å². The average molecular weight is 307 g/mol. The van der Waals surface area contributed by atoms with E-state index in [1.54, 1.807) is 29.3 Å². The van der Waals surface area contributed by atoms with Crippen LogP contribution >= 0.6 is 50.6 Å². The fraction of sp³-hybridized carbons (Fsp3) is 0. The number of hydrogen-bond donors (Lipinski definition) is 0.